The summed E-state index contributed by atoms with van der Waals surface area (Å²) >= 11 is 0. The van der Waals surface area contributed by atoms with Crippen LogP contribution in [0.1, 0.15) is 17.6 Å². The molecule has 0 amide bonds. The summed E-state index contributed by atoms with van der Waals surface area (Å²) in [5, 5.41) is 0. The number of pyridine rings is 1. The van der Waals surface area contributed by atoms with Gasteiger partial charge in [-0.1, -0.05) is 0 Å². The van der Waals surface area contributed by atoms with E-state index in [1.807, 2.05) is 0 Å². The Morgan fingerprint density at radius 3 is 2.59 bits per heavy atom. The summed E-state index contributed by atoms with van der Waals surface area (Å²) in [4.78, 5) is 14.2. The third-order valence-electron chi connectivity index (χ3n) is 2.08. The average molecular weight is 249 g/mol. The Hall–Kier alpha value is -1.79. The highest BCUT2D eigenvalue weighted by Gasteiger charge is 2.24. The van der Waals surface area contributed by atoms with E-state index in [0.29, 0.717) is 0 Å². The van der Waals surface area contributed by atoms with Crippen molar-refractivity contribution in [3.8, 4) is 5.75 Å². The standard InChI is InChI=1S/C10H10F3NO3/c1-16-6(15)3-5-4-14-10(13)7(9(11)12)8(5)17-2/h4,9H,3H2,1-2H3. The van der Waals surface area contributed by atoms with E-state index >= 15 is 0 Å². The number of nitrogens with zero attached hydrogens (tertiary/aromatic N) is 1. The van der Waals surface area contributed by atoms with Gasteiger partial charge in [-0.15, -0.1) is 0 Å². The molecule has 0 fully saturated rings. The van der Waals surface area contributed by atoms with Crippen LogP contribution >= 0.6 is 0 Å². The first-order valence-electron chi connectivity index (χ1n) is 4.57. The molecule has 0 bridgehead atoms. The number of hydrogen-bond acceptors (Lipinski definition) is 4. The Morgan fingerprint density at radius 2 is 2.12 bits per heavy atom. The lowest BCUT2D eigenvalue weighted by Crippen LogP contribution is -2.09. The first kappa shape index (κ1) is 13.3. The molecule has 4 nitrogen and oxygen atoms in total. The van der Waals surface area contributed by atoms with E-state index in [2.05, 4.69) is 9.72 Å². The number of carbonyl (C=O) groups is 1. The van der Waals surface area contributed by atoms with Crippen LogP contribution in [0.25, 0.3) is 0 Å². The fraction of sp³-hybridized carbons (Fsp3) is 0.400. The molecule has 94 valence electrons. The Bertz CT molecular complexity index is 424. The van der Waals surface area contributed by atoms with Crippen LogP contribution in [-0.2, 0) is 16.0 Å². The molecule has 0 spiro atoms. The molecule has 0 aliphatic carbocycles. The summed E-state index contributed by atoms with van der Waals surface area (Å²) in [6, 6.07) is 0. The van der Waals surface area contributed by atoms with Crippen molar-refractivity contribution in [2.75, 3.05) is 14.2 Å². The molecule has 0 radical (unpaired) electrons. The summed E-state index contributed by atoms with van der Waals surface area (Å²) in [5.74, 6) is -2.35. The van der Waals surface area contributed by atoms with Crippen LogP contribution in [0, 0.1) is 5.95 Å². The van der Waals surface area contributed by atoms with Crippen molar-refractivity contribution in [3.63, 3.8) is 0 Å². The van der Waals surface area contributed by atoms with Crippen LogP contribution in [0.2, 0.25) is 0 Å². The van der Waals surface area contributed by atoms with Crippen LogP contribution in [-0.4, -0.2) is 25.2 Å². The van der Waals surface area contributed by atoms with Crippen LogP contribution < -0.4 is 4.74 Å². The average Bonchev–Trinajstić information content (AvgIpc) is 2.30. The predicted octanol–water partition coefficient (Wildman–Crippen LogP) is 1.88. The third-order valence-corrected chi connectivity index (χ3v) is 2.08. The van der Waals surface area contributed by atoms with E-state index in [1.165, 1.54) is 0 Å². The van der Waals surface area contributed by atoms with Crippen molar-refractivity contribution in [1.82, 2.24) is 4.98 Å². The van der Waals surface area contributed by atoms with Gasteiger partial charge in [0.1, 0.15) is 11.3 Å². The zero-order valence-electron chi connectivity index (χ0n) is 9.17. The first-order valence-corrected chi connectivity index (χ1v) is 4.57. The zero-order chi connectivity index (χ0) is 13.0. The highest BCUT2D eigenvalue weighted by Crippen LogP contribution is 2.33. The second-order valence-corrected chi connectivity index (χ2v) is 3.07. The Kier molecular flexibility index (Phi) is 4.30. The topological polar surface area (TPSA) is 48.4 Å². The molecule has 0 aliphatic heterocycles. The molecular weight excluding hydrogens is 239 g/mol. The van der Waals surface area contributed by atoms with E-state index in [4.69, 9.17) is 4.74 Å². The summed E-state index contributed by atoms with van der Waals surface area (Å²) in [6.45, 7) is 0. The second-order valence-electron chi connectivity index (χ2n) is 3.07. The Labute approximate surface area is 95.4 Å². The highest BCUT2D eigenvalue weighted by atomic mass is 19.3. The van der Waals surface area contributed by atoms with E-state index in [9.17, 15) is 18.0 Å². The molecule has 1 aromatic heterocycles. The largest absolute Gasteiger partial charge is 0.496 e. The SMILES string of the molecule is COC(=O)Cc1cnc(F)c(C(F)F)c1OC. The maximum absolute atomic E-state index is 13.1. The number of hydrogen-bond donors (Lipinski definition) is 0. The van der Waals surface area contributed by atoms with Crippen molar-refractivity contribution in [1.29, 1.82) is 0 Å². The second kappa shape index (κ2) is 5.51. The lowest BCUT2D eigenvalue weighted by atomic mass is 10.1. The smallest absolute Gasteiger partial charge is 0.310 e. The maximum atomic E-state index is 13.1. The lowest BCUT2D eigenvalue weighted by molar-refractivity contribution is -0.139. The Morgan fingerprint density at radius 1 is 1.47 bits per heavy atom. The zero-order valence-corrected chi connectivity index (χ0v) is 9.17. The number of carbonyl (C=O) groups excluding carboxylic acids is 1. The van der Waals surface area contributed by atoms with Gasteiger partial charge in [0, 0.05) is 11.8 Å². The molecule has 17 heavy (non-hydrogen) atoms. The quantitative estimate of drug-likeness (QED) is 0.604. The fourth-order valence-corrected chi connectivity index (χ4v) is 1.31. The number of ether oxygens (including phenoxy) is 2. The molecule has 1 heterocycles. The van der Waals surface area contributed by atoms with E-state index in [0.717, 1.165) is 20.4 Å². The minimum Gasteiger partial charge on any atom is -0.496 e. The van der Waals surface area contributed by atoms with Gasteiger partial charge in [-0.05, 0) is 0 Å². The molecule has 0 saturated carbocycles. The molecule has 0 aliphatic rings. The van der Waals surface area contributed by atoms with Gasteiger partial charge >= 0.3 is 5.97 Å². The van der Waals surface area contributed by atoms with Gasteiger partial charge in [0.05, 0.1) is 20.6 Å². The summed E-state index contributed by atoms with van der Waals surface area (Å²) in [5.41, 5.74) is -0.898. The number of alkyl halides is 2. The van der Waals surface area contributed by atoms with Gasteiger partial charge < -0.3 is 9.47 Å². The number of rotatable bonds is 4. The predicted molar refractivity (Wildman–Crippen MR) is 51.4 cm³/mol. The normalized spacial score (nSPS) is 10.5. The van der Waals surface area contributed by atoms with Gasteiger partial charge in [0.25, 0.3) is 6.43 Å². The fourth-order valence-electron chi connectivity index (χ4n) is 1.31. The van der Waals surface area contributed by atoms with Gasteiger partial charge in [-0.25, -0.2) is 13.8 Å². The van der Waals surface area contributed by atoms with Gasteiger partial charge in [-0.2, -0.15) is 4.39 Å². The van der Waals surface area contributed by atoms with Crippen molar-refractivity contribution in [3.05, 3.63) is 23.3 Å². The molecule has 0 aromatic carbocycles. The molecule has 0 unspecified atom stereocenters. The molecule has 7 heteroatoms. The van der Waals surface area contributed by atoms with Crippen LogP contribution in [0.5, 0.6) is 5.75 Å². The summed E-state index contributed by atoms with van der Waals surface area (Å²) in [7, 11) is 2.27. The summed E-state index contributed by atoms with van der Waals surface area (Å²) < 4.78 is 47.4. The number of esters is 1. The van der Waals surface area contributed by atoms with Gasteiger partial charge in [0.2, 0.25) is 5.95 Å². The van der Waals surface area contributed by atoms with E-state index in [-0.39, 0.29) is 17.7 Å². The first-order chi connectivity index (χ1) is 8.01. The molecule has 1 rings (SSSR count). The van der Waals surface area contributed by atoms with Crippen molar-refractivity contribution in [2.24, 2.45) is 0 Å². The monoisotopic (exact) mass is 249 g/mol. The van der Waals surface area contributed by atoms with E-state index < -0.39 is 23.9 Å². The molecule has 0 saturated heterocycles. The maximum Gasteiger partial charge on any atom is 0.310 e. The number of methoxy groups -OCH3 is 2. The number of aromatic nitrogens is 1. The third kappa shape index (κ3) is 2.86. The minimum atomic E-state index is -3.07. The van der Waals surface area contributed by atoms with E-state index in [1.54, 1.807) is 0 Å². The molecule has 0 atom stereocenters. The van der Waals surface area contributed by atoms with Crippen LogP contribution in [0.3, 0.4) is 0 Å². The van der Waals surface area contributed by atoms with Gasteiger partial charge in [0.15, 0.2) is 0 Å². The van der Waals surface area contributed by atoms with Gasteiger partial charge in [-0.3, -0.25) is 4.79 Å². The molecule has 1 aromatic rings. The lowest BCUT2D eigenvalue weighted by Gasteiger charge is -2.12. The van der Waals surface area contributed by atoms with Crippen molar-refractivity contribution < 1.29 is 27.4 Å². The number of halogens is 3. The van der Waals surface area contributed by atoms with Crippen molar-refractivity contribution >= 4 is 5.97 Å². The van der Waals surface area contributed by atoms with Crippen molar-refractivity contribution in [2.45, 2.75) is 12.8 Å². The molecular formula is C10H10F3NO3. The summed E-state index contributed by atoms with van der Waals surface area (Å²) in [6.07, 6.45) is -2.42. The highest BCUT2D eigenvalue weighted by molar-refractivity contribution is 5.73. The molecule has 0 N–H and O–H groups in total. The van der Waals surface area contributed by atoms with Crippen LogP contribution in [0.4, 0.5) is 13.2 Å². The van der Waals surface area contributed by atoms with Crippen LogP contribution in [0.15, 0.2) is 6.20 Å². The Balaban J connectivity index is 3.23. The minimum absolute atomic E-state index is 0.0519.